The maximum absolute atomic E-state index is 12.5. The minimum absolute atomic E-state index is 0.0311. The lowest BCUT2D eigenvalue weighted by Gasteiger charge is -2.23. The lowest BCUT2D eigenvalue weighted by molar-refractivity contribution is -0.274. The molecule has 0 bridgehead atoms. The van der Waals surface area contributed by atoms with Crippen LogP contribution in [0.15, 0.2) is 41.7 Å². The van der Waals surface area contributed by atoms with Gasteiger partial charge in [0.2, 0.25) is 0 Å². The van der Waals surface area contributed by atoms with Crippen LogP contribution in [0, 0.1) is 0 Å². The first-order valence-electron chi connectivity index (χ1n) is 8.68. The van der Waals surface area contributed by atoms with E-state index in [-0.39, 0.29) is 24.4 Å². The number of aryl methyl sites for hydroxylation is 1. The maximum atomic E-state index is 12.5. The van der Waals surface area contributed by atoms with E-state index >= 15 is 0 Å². The zero-order valence-electron chi connectivity index (χ0n) is 15.9. The molecule has 0 saturated carbocycles. The quantitative estimate of drug-likeness (QED) is 0.492. The predicted molar refractivity (Wildman–Crippen MR) is 98.7 cm³/mol. The van der Waals surface area contributed by atoms with Crippen LogP contribution in [0.4, 0.5) is 13.2 Å². The average Bonchev–Trinajstić information content (AvgIpc) is 3.05. The van der Waals surface area contributed by atoms with Gasteiger partial charge in [0.05, 0.1) is 19.3 Å². The van der Waals surface area contributed by atoms with Gasteiger partial charge in [-0.3, -0.25) is 4.68 Å². The Kier molecular flexibility index (Phi) is 6.90. The van der Waals surface area contributed by atoms with Crippen molar-refractivity contribution in [2.45, 2.75) is 32.4 Å². The lowest BCUT2D eigenvalue weighted by Crippen LogP contribution is -2.44. The van der Waals surface area contributed by atoms with Gasteiger partial charge in [-0.05, 0) is 19.9 Å². The van der Waals surface area contributed by atoms with Gasteiger partial charge in [0.25, 0.3) is 0 Å². The number of hydrogen-bond acceptors (Lipinski definition) is 4. The van der Waals surface area contributed by atoms with Gasteiger partial charge in [0.1, 0.15) is 11.4 Å². The van der Waals surface area contributed by atoms with E-state index in [1.165, 1.54) is 18.2 Å². The van der Waals surface area contributed by atoms with Crippen molar-refractivity contribution < 1.29 is 23.0 Å². The third kappa shape index (κ3) is 6.45. The molecule has 0 aliphatic rings. The van der Waals surface area contributed by atoms with Crippen molar-refractivity contribution in [2.75, 3.05) is 13.1 Å². The van der Waals surface area contributed by atoms with E-state index < -0.39 is 12.0 Å². The standard InChI is InChI=1S/C18H24F3N5O2/c1-4-22-16(24-12-17(2,27)14-10-25-26(3)11-14)23-9-13-7-5-6-8-15(13)28-18(19,20)21/h5-8,10-11,27H,4,9,12H2,1-3H3,(H2,22,23,24). The molecule has 1 aromatic carbocycles. The molecule has 0 radical (unpaired) electrons. The second-order valence-corrected chi connectivity index (χ2v) is 6.38. The number of hydrogen-bond donors (Lipinski definition) is 3. The van der Waals surface area contributed by atoms with Gasteiger partial charge < -0.3 is 20.5 Å². The fourth-order valence-electron chi connectivity index (χ4n) is 2.42. The van der Waals surface area contributed by atoms with Crippen molar-refractivity contribution in [3.8, 4) is 5.75 Å². The van der Waals surface area contributed by atoms with Crippen LogP contribution >= 0.6 is 0 Å². The SMILES string of the molecule is CCNC(=NCc1ccccc1OC(F)(F)F)NCC(C)(O)c1cnn(C)c1. The molecule has 2 aromatic rings. The highest BCUT2D eigenvalue weighted by molar-refractivity contribution is 5.79. The molecule has 1 unspecified atom stereocenters. The molecule has 154 valence electrons. The molecule has 1 atom stereocenters. The summed E-state index contributed by atoms with van der Waals surface area (Å²) in [5, 5.41) is 20.7. The maximum Gasteiger partial charge on any atom is 0.573 e. The molecule has 1 aromatic heterocycles. The Labute approximate surface area is 161 Å². The molecule has 2 rings (SSSR count). The van der Waals surface area contributed by atoms with Gasteiger partial charge in [-0.15, -0.1) is 13.2 Å². The number of aliphatic imine (C=N–C) groups is 1. The second kappa shape index (κ2) is 8.96. The number of guanidine groups is 1. The molecule has 0 fully saturated rings. The van der Waals surface area contributed by atoms with Crippen molar-refractivity contribution in [1.29, 1.82) is 0 Å². The summed E-state index contributed by atoms with van der Waals surface area (Å²) < 4.78 is 43.2. The van der Waals surface area contributed by atoms with Gasteiger partial charge in [0, 0.05) is 30.9 Å². The Morgan fingerprint density at radius 1 is 1.29 bits per heavy atom. The summed E-state index contributed by atoms with van der Waals surface area (Å²) in [4.78, 5) is 4.29. The number of aromatic nitrogens is 2. The number of ether oxygens (including phenoxy) is 1. The Morgan fingerprint density at radius 3 is 2.61 bits per heavy atom. The number of nitrogens with zero attached hydrogens (tertiary/aromatic N) is 3. The Bertz CT molecular complexity index is 803. The van der Waals surface area contributed by atoms with Gasteiger partial charge in [-0.25, -0.2) is 4.99 Å². The number of rotatable bonds is 7. The van der Waals surface area contributed by atoms with Gasteiger partial charge in [-0.1, -0.05) is 18.2 Å². The monoisotopic (exact) mass is 399 g/mol. The Hall–Kier alpha value is -2.75. The van der Waals surface area contributed by atoms with Crippen LogP contribution in [-0.2, 0) is 19.2 Å². The molecule has 10 heteroatoms. The highest BCUT2D eigenvalue weighted by atomic mass is 19.4. The summed E-state index contributed by atoms with van der Waals surface area (Å²) >= 11 is 0. The first-order valence-corrected chi connectivity index (χ1v) is 8.68. The second-order valence-electron chi connectivity index (χ2n) is 6.38. The van der Waals surface area contributed by atoms with Crippen LogP contribution in [0.25, 0.3) is 0 Å². The van der Waals surface area contributed by atoms with E-state index in [9.17, 15) is 18.3 Å². The molecule has 7 nitrogen and oxygen atoms in total. The van der Waals surface area contributed by atoms with E-state index in [0.29, 0.717) is 18.1 Å². The lowest BCUT2D eigenvalue weighted by atomic mass is 10.00. The van der Waals surface area contributed by atoms with Crippen molar-refractivity contribution in [1.82, 2.24) is 20.4 Å². The summed E-state index contributed by atoms with van der Waals surface area (Å²) in [5.74, 6) is 0.0606. The number of para-hydroxylation sites is 1. The van der Waals surface area contributed by atoms with Crippen LogP contribution in [-0.4, -0.2) is 40.3 Å². The third-order valence-electron chi connectivity index (χ3n) is 3.88. The molecule has 3 N–H and O–H groups in total. The van der Waals surface area contributed by atoms with Crippen LogP contribution < -0.4 is 15.4 Å². The normalized spacial score (nSPS) is 14.5. The van der Waals surface area contributed by atoms with Gasteiger partial charge in [0.15, 0.2) is 5.96 Å². The van der Waals surface area contributed by atoms with E-state index in [1.807, 2.05) is 6.92 Å². The first-order chi connectivity index (χ1) is 13.1. The van der Waals surface area contributed by atoms with E-state index in [4.69, 9.17) is 0 Å². The molecular weight excluding hydrogens is 375 g/mol. The molecule has 0 amide bonds. The van der Waals surface area contributed by atoms with Crippen molar-refractivity contribution >= 4 is 5.96 Å². The highest BCUT2D eigenvalue weighted by Gasteiger charge is 2.32. The number of aliphatic hydroxyl groups is 1. The fraction of sp³-hybridized carbons (Fsp3) is 0.444. The third-order valence-corrected chi connectivity index (χ3v) is 3.88. The predicted octanol–water partition coefficient (Wildman–Crippen LogP) is 2.28. The van der Waals surface area contributed by atoms with Gasteiger partial charge >= 0.3 is 6.36 Å². The zero-order valence-corrected chi connectivity index (χ0v) is 15.9. The van der Waals surface area contributed by atoms with Crippen molar-refractivity contribution in [2.24, 2.45) is 12.0 Å². The fourth-order valence-corrected chi connectivity index (χ4v) is 2.42. The van der Waals surface area contributed by atoms with E-state index in [1.54, 1.807) is 37.1 Å². The molecule has 28 heavy (non-hydrogen) atoms. The summed E-state index contributed by atoms with van der Waals surface area (Å²) in [6.07, 6.45) is -1.50. The number of halogens is 3. The average molecular weight is 399 g/mol. The van der Waals surface area contributed by atoms with Crippen LogP contribution in [0.5, 0.6) is 5.75 Å². The van der Waals surface area contributed by atoms with E-state index in [2.05, 4.69) is 25.5 Å². The summed E-state index contributed by atoms with van der Waals surface area (Å²) in [6, 6.07) is 5.83. The van der Waals surface area contributed by atoms with Crippen LogP contribution in [0.3, 0.4) is 0 Å². The number of nitrogens with one attached hydrogen (secondary N) is 2. The topological polar surface area (TPSA) is 83.7 Å². The molecule has 0 aliphatic carbocycles. The minimum atomic E-state index is -4.77. The number of benzene rings is 1. The first kappa shape index (κ1) is 21.5. The zero-order chi connectivity index (χ0) is 20.8. The largest absolute Gasteiger partial charge is 0.573 e. The van der Waals surface area contributed by atoms with Crippen LogP contribution in [0.1, 0.15) is 25.0 Å². The van der Waals surface area contributed by atoms with Crippen LogP contribution in [0.2, 0.25) is 0 Å². The van der Waals surface area contributed by atoms with E-state index in [0.717, 1.165) is 0 Å². The molecule has 0 saturated heterocycles. The molecule has 0 aliphatic heterocycles. The minimum Gasteiger partial charge on any atom is -0.405 e. The Balaban J connectivity index is 2.09. The number of alkyl halides is 3. The highest BCUT2D eigenvalue weighted by Crippen LogP contribution is 2.26. The van der Waals surface area contributed by atoms with Gasteiger partial charge in [-0.2, -0.15) is 5.10 Å². The summed E-state index contributed by atoms with van der Waals surface area (Å²) in [6.45, 7) is 4.13. The smallest absolute Gasteiger partial charge is 0.405 e. The van der Waals surface area contributed by atoms with Crippen molar-refractivity contribution in [3.63, 3.8) is 0 Å². The molecule has 0 spiro atoms. The Morgan fingerprint density at radius 2 is 2.00 bits per heavy atom. The summed E-state index contributed by atoms with van der Waals surface area (Å²) in [5.41, 5.74) is -0.291. The molecule has 1 heterocycles. The summed E-state index contributed by atoms with van der Waals surface area (Å²) in [7, 11) is 1.75. The molecular formula is C18H24F3N5O2. The van der Waals surface area contributed by atoms with Crippen molar-refractivity contribution in [3.05, 3.63) is 47.8 Å².